The lowest BCUT2D eigenvalue weighted by molar-refractivity contribution is 1.48. The molecule has 18 heavy (non-hydrogen) atoms. The SMILES string of the molecule is Cc1sc2c(sc3c4sc(C)c(C)c4sc23)c1C. The summed E-state index contributed by atoms with van der Waals surface area (Å²) in [6, 6.07) is 0. The molecule has 92 valence electrons. The summed E-state index contributed by atoms with van der Waals surface area (Å²) < 4.78 is 9.14. The zero-order valence-corrected chi connectivity index (χ0v) is 13.9. The molecule has 0 aliphatic carbocycles. The number of aryl methyl sites for hydroxylation is 4. The van der Waals surface area contributed by atoms with E-state index in [1.807, 2.05) is 45.3 Å². The van der Waals surface area contributed by atoms with Gasteiger partial charge in [0, 0.05) is 9.75 Å². The first-order chi connectivity index (χ1) is 8.58. The van der Waals surface area contributed by atoms with Crippen LogP contribution in [0.5, 0.6) is 0 Å². The van der Waals surface area contributed by atoms with Crippen molar-refractivity contribution in [2.75, 3.05) is 0 Å². The summed E-state index contributed by atoms with van der Waals surface area (Å²) in [6.07, 6.45) is 0. The third kappa shape index (κ3) is 1.24. The second-order valence-corrected chi connectivity index (χ2v) is 9.24. The van der Waals surface area contributed by atoms with Crippen LogP contribution in [0.3, 0.4) is 0 Å². The van der Waals surface area contributed by atoms with Crippen molar-refractivity contribution >= 4 is 73.5 Å². The second-order valence-electron chi connectivity index (χ2n) is 4.75. The monoisotopic (exact) mass is 308 g/mol. The van der Waals surface area contributed by atoms with E-state index in [0.29, 0.717) is 0 Å². The van der Waals surface area contributed by atoms with E-state index in [1.54, 1.807) is 0 Å². The summed E-state index contributed by atoms with van der Waals surface area (Å²) in [4.78, 5) is 2.95. The highest BCUT2D eigenvalue weighted by Crippen LogP contribution is 2.51. The van der Waals surface area contributed by atoms with Gasteiger partial charge in [-0.05, 0) is 38.8 Å². The van der Waals surface area contributed by atoms with E-state index in [4.69, 9.17) is 0 Å². The highest BCUT2D eigenvalue weighted by molar-refractivity contribution is 7.44. The van der Waals surface area contributed by atoms with Gasteiger partial charge in [-0.25, -0.2) is 0 Å². The Morgan fingerprint density at radius 2 is 0.778 bits per heavy atom. The molecule has 0 saturated carbocycles. The maximum absolute atomic E-state index is 2.26. The van der Waals surface area contributed by atoms with Gasteiger partial charge in [0.1, 0.15) is 0 Å². The minimum atomic E-state index is 1.47. The van der Waals surface area contributed by atoms with Crippen LogP contribution in [0.1, 0.15) is 20.9 Å². The van der Waals surface area contributed by atoms with Crippen molar-refractivity contribution in [3.8, 4) is 0 Å². The second kappa shape index (κ2) is 3.57. The topological polar surface area (TPSA) is 0 Å². The molecule has 4 aromatic heterocycles. The van der Waals surface area contributed by atoms with Gasteiger partial charge in [0.25, 0.3) is 0 Å². The number of hydrogen-bond acceptors (Lipinski definition) is 4. The predicted molar refractivity (Wildman–Crippen MR) is 89.4 cm³/mol. The Balaban J connectivity index is 2.27. The zero-order chi connectivity index (χ0) is 12.6. The van der Waals surface area contributed by atoms with Gasteiger partial charge in [-0.1, -0.05) is 0 Å². The summed E-state index contributed by atoms with van der Waals surface area (Å²) in [6.45, 7) is 9.00. The van der Waals surface area contributed by atoms with Crippen LogP contribution in [-0.2, 0) is 0 Å². The lowest BCUT2D eigenvalue weighted by Gasteiger charge is -1.85. The van der Waals surface area contributed by atoms with Crippen molar-refractivity contribution in [2.45, 2.75) is 27.7 Å². The van der Waals surface area contributed by atoms with Crippen molar-refractivity contribution in [3.05, 3.63) is 20.9 Å². The Morgan fingerprint density at radius 1 is 0.444 bits per heavy atom. The summed E-state index contributed by atoms with van der Waals surface area (Å²) in [7, 11) is 0. The Kier molecular flexibility index (Phi) is 2.26. The van der Waals surface area contributed by atoms with Crippen LogP contribution in [0.2, 0.25) is 0 Å². The molecule has 4 heteroatoms. The van der Waals surface area contributed by atoms with E-state index >= 15 is 0 Å². The highest BCUT2D eigenvalue weighted by Gasteiger charge is 2.19. The maximum Gasteiger partial charge on any atom is 0.0650 e. The maximum atomic E-state index is 2.26. The number of thiophene rings is 4. The van der Waals surface area contributed by atoms with Gasteiger partial charge >= 0.3 is 0 Å². The molecule has 0 aliphatic heterocycles. The Labute approximate surface area is 121 Å². The molecular formula is C14H12S4. The Hall–Kier alpha value is -0.420. The zero-order valence-electron chi connectivity index (χ0n) is 10.6. The molecule has 0 amide bonds. The molecule has 0 aliphatic rings. The predicted octanol–water partition coefficient (Wildman–Crippen LogP) is 6.63. The van der Waals surface area contributed by atoms with Gasteiger partial charge in [0.15, 0.2) is 0 Å². The molecule has 0 unspecified atom stereocenters. The van der Waals surface area contributed by atoms with Crippen LogP contribution in [0.15, 0.2) is 0 Å². The molecule has 0 radical (unpaired) electrons. The molecule has 0 spiro atoms. The van der Waals surface area contributed by atoms with Gasteiger partial charge in [-0.2, -0.15) is 0 Å². The van der Waals surface area contributed by atoms with Crippen molar-refractivity contribution in [1.29, 1.82) is 0 Å². The van der Waals surface area contributed by atoms with Gasteiger partial charge in [0.05, 0.1) is 28.2 Å². The Bertz CT molecular complexity index is 834. The fraction of sp³-hybridized carbons (Fsp3) is 0.286. The van der Waals surface area contributed by atoms with E-state index < -0.39 is 0 Å². The summed E-state index contributed by atoms with van der Waals surface area (Å²) in [5, 5.41) is 0. The van der Waals surface area contributed by atoms with Gasteiger partial charge < -0.3 is 0 Å². The molecule has 0 fully saturated rings. The molecule has 0 N–H and O–H groups in total. The van der Waals surface area contributed by atoms with Crippen LogP contribution in [0.25, 0.3) is 28.2 Å². The largest absolute Gasteiger partial charge is 0.138 e. The summed E-state index contributed by atoms with van der Waals surface area (Å²) in [5.41, 5.74) is 2.98. The summed E-state index contributed by atoms with van der Waals surface area (Å²) in [5.74, 6) is 0. The number of rotatable bonds is 0. The average Bonchev–Trinajstić information content (AvgIpc) is 2.98. The van der Waals surface area contributed by atoms with Crippen LogP contribution >= 0.6 is 45.3 Å². The van der Waals surface area contributed by atoms with E-state index in [1.165, 1.54) is 49.1 Å². The van der Waals surface area contributed by atoms with Crippen molar-refractivity contribution in [2.24, 2.45) is 0 Å². The first-order valence-corrected chi connectivity index (χ1v) is 9.15. The van der Waals surface area contributed by atoms with Gasteiger partial charge in [-0.3, -0.25) is 0 Å². The Morgan fingerprint density at radius 3 is 1.17 bits per heavy atom. The fourth-order valence-corrected chi connectivity index (χ4v) is 8.18. The lowest BCUT2D eigenvalue weighted by Crippen LogP contribution is -1.64. The van der Waals surface area contributed by atoms with Crippen molar-refractivity contribution < 1.29 is 0 Å². The van der Waals surface area contributed by atoms with Gasteiger partial charge in [0.2, 0.25) is 0 Å². The number of hydrogen-bond donors (Lipinski definition) is 0. The minimum Gasteiger partial charge on any atom is -0.138 e. The fourth-order valence-electron chi connectivity index (χ4n) is 2.35. The molecular weight excluding hydrogens is 296 g/mol. The first kappa shape index (κ1) is 11.4. The van der Waals surface area contributed by atoms with Crippen LogP contribution < -0.4 is 0 Å². The molecule has 4 aromatic rings. The summed E-state index contributed by atoms with van der Waals surface area (Å²) >= 11 is 7.94. The van der Waals surface area contributed by atoms with Crippen molar-refractivity contribution in [1.82, 2.24) is 0 Å². The normalized spacial score (nSPS) is 12.4. The molecule has 0 bridgehead atoms. The number of fused-ring (bicyclic) bond motifs is 5. The van der Waals surface area contributed by atoms with Crippen LogP contribution in [-0.4, -0.2) is 0 Å². The standard InChI is InChI=1S/C14H12S4/c1-5-7(3)15-11-9(5)17-14-12-10(18-13(11)14)6(2)8(4)16-12/h1-4H3. The lowest BCUT2D eigenvalue weighted by atomic mass is 10.3. The molecule has 4 rings (SSSR count). The highest BCUT2D eigenvalue weighted by atomic mass is 32.1. The molecule has 0 aromatic carbocycles. The molecule has 4 heterocycles. The third-order valence-electron chi connectivity index (χ3n) is 3.69. The van der Waals surface area contributed by atoms with Crippen molar-refractivity contribution in [3.63, 3.8) is 0 Å². The first-order valence-electron chi connectivity index (χ1n) is 5.88. The quantitative estimate of drug-likeness (QED) is 0.342. The molecule has 0 nitrogen and oxygen atoms in total. The van der Waals surface area contributed by atoms with E-state index in [2.05, 4.69) is 27.7 Å². The van der Waals surface area contributed by atoms with Gasteiger partial charge in [-0.15, -0.1) is 45.3 Å². The van der Waals surface area contributed by atoms with E-state index in [9.17, 15) is 0 Å². The molecule has 0 saturated heterocycles. The molecule has 0 atom stereocenters. The van der Waals surface area contributed by atoms with E-state index in [-0.39, 0.29) is 0 Å². The third-order valence-corrected chi connectivity index (χ3v) is 9.44. The van der Waals surface area contributed by atoms with Crippen LogP contribution in [0, 0.1) is 27.7 Å². The smallest absolute Gasteiger partial charge is 0.0650 e. The van der Waals surface area contributed by atoms with E-state index in [0.717, 1.165) is 0 Å². The average molecular weight is 309 g/mol. The minimum absolute atomic E-state index is 1.47. The van der Waals surface area contributed by atoms with Crippen LogP contribution in [0.4, 0.5) is 0 Å².